The standard InChI is InChI=1S/C20H20N2O/c1-2-3-5-9-15-10-8-13-18-19(15)17(20(23)22-18)14-21-16-11-6-4-7-12-16/h4,6-8,10-14,18-19,21H,2-3H2,1H3,(H,22,23)/b17-14-. The van der Waals surface area contributed by atoms with Gasteiger partial charge in [-0.3, -0.25) is 4.79 Å². The Morgan fingerprint density at radius 2 is 2.13 bits per heavy atom. The van der Waals surface area contributed by atoms with E-state index in [0.717, 1.165) is 29.7 Å². The molecule has 0 aromatic heterocycles. The molecule has 2 atom stereocenters. The van der Waals surface area contributed by atoms with Gasteiger partial charge < -0.3 is 10.6 Å². The first-order valence-electron chi connectivity index (χ1n) is 7.99. The SMILES string of the molecule is CCCC#CC1=CC=CC2NC(=O)/C(=C\Nc3ccccc3)C12. The predicted molar refractivity (Wildman–Crippen MR) is 93.5 cm³/mol. The zero-order valence-electron chi connectivity index (χ0n) is 13.2. The molecule has 1 aromatic carbocycles. The van der Waals surface area contributed by atoms with Crippen LogP contribution in [0.3, 0.4) is 0 Å². The van der Waals surface area contributed by atoms with Gasteiger partial charge in [0.1, 0.15) is 0 Å². The van der Waals surface area contributed by atoms with Gasteiger partial charge in [0, 0.05) is 35.4 Å². The second-order valence-corrected chi connectivity index (χ2v) is 5.65. The maximum Gasteiger partial charge on any atom is 0.249 e. The molecular formula is C20H20N2O. The Bertz CT molecular complexity index is 732. The van der Waals surface area contributed by atoms with E-state index in [2.05, 4.69) is 29.4 Å². The fourth-order valence-electron chi connectivity index (χ4n) is 2.82. The molecule has 3 rings (SSSR count). The number of amides is 1. The summed E-state index contributed by atoms with van der Waals surface area (Å²) in [5.74, 6) is 6.39. The van der Waals surface area contributed by atoms with Gasteiger partial charge in [0.2, 0.25) is 5.91 Å². The van der Waals surface area contributed by atoms with E-state index in [0.29, 0.717) is 0 Å². The molecule has 3 nitrogen and oxygen atoms in total. The summed E-state index contributed by atoms with van der Waals surface area (Å²) in [6, 6.07) is 9.83. The summed E-state index contributed by atoms with van der Waals surface area (Å²) in [5.41, 5.74) is 2.70. The van der Waals surface area contributed by atoms with Crippen molar-refractivity contribution in [3.05, 3.63) is 65.9 Å². The van der Waals surface area contributed by atoms with E-state index in [9.17, 15) is 4.79 Å². The minimum Gasteiger partial charge on any atom is -0.361 e. The van der Waals surface area contributed by atoms with Crippen molar-refractivity contribution in [3.63, 3.8) is 0 Å². The monoisotopic (exact) mass is 304 g/mol. The van der Waals surface area contributed by atoms with Gasteiger partial charge in [-0.25, -0.2) is 0 Å². The molecule has 1 aliphatic heterocycles. The summed E-state index contributed by atoms with van der Waals surface area (Å²) in [6.07, 6.45) is 9.74. The summed E-state index contributed by atoms with van der Waals surface area (Å²) in [7, 11) is 0. The van der Waals surface area contributed by atoms with Crippen LogP contribution in [-0.2, 0) is 4.79 Å². The van der Waals surface area contributed by atoms with Crippen molar-refractivity contribution in [2.45, 2.75) is 25.8 Å². The zero-order valence-corrected chi connectivity index (χ0v) is 13.2. The lowest BCUT2D eigenvalue weighted by Gasteiger charge is -2.19. The fraction of sp³-hybridized carbons (Fsp3) is 0.250. The van der Waals surface area contributed by atoms with Crippen LogP contribution in [0.5, 0.6) is 0 Å². The molecule has 2 unspecified atom stereocenters. The number of carbonyl (C=O) groups excluding carboxylic acids is 1. The van der Waals surface area contributed by atoms with E-state index in [1.807, 2.05) is 54.8 Å². The van der Waals surface area contributed by atoms with Gasteiger partial charge in [-0.1, -0.05) is 55.2 Å². The molecule has 1 saturated heterocycles. The molecule has 0 spiro atoms. The quantitative estimate of drug-likeness (QED) is 0.664. The second-order valence-electron chi connectivity index (χ2n) is 5.65. The van der Waals surface area contributed by atoms with Gasteiger partial charge in [0.25, 0.3) is 0 Å². The highest BCUT2D eigenvalue weighted by molar-refractivity contribution is 5.98. The predicted octanol–water partition coefficient (Wildman–Crippen LogP) is 3.40. The number of nitrogens with one attached hydrogen (secondary N) is 2. The van der Waals surface area contributed by atoms with Crippen molar-refractivity contribution in [1.82, 2.24) is 5.32 Å². The van der Waals surface area contributed by atoms with E-state index in [1.54, 1.807) is 0 Å². The van der Waals surface area contributed by atoms with Crippen molar-refractivity contribution in [3.8, 4) is 11.8 Å². The Morgan fingerprint density at radius 1 is 1.30 bits per heavy atom. The number of para-hydroxylation sites is 1. The Kier molecular flexibility index (Phi) is 4.63. The number of unbranched alkanes of at least 4 members (excludes halogenated alkanes) is 1. The van der Waals surface area contributed by atoms with Crippen molar-refractivity contribution in [1.29, 1.82) is 0 Å². The highest BCUT2D eigenvalue weighted by Crippen LogP contribution is 2.33. The topological polar surface area (TPSA) is 41.1 Å². The van der Waals surface area contributed by atoms with E-state index < -0.39 is 0 Å². The molecule has 2 N–H and O–H groups in total. The number of anilines is 1. The number of benzene rings is 1. The average molecular weight is 304 g/mol. The minimum absolute atomic E-state index is 0.00208. The molecule has 1 amide bonds. The van der Waals surface area contributed by atoms with Crippen LogP contribution in [0, 0.1) is 17.8 Å². The molecule has 116 valence electrons. The second kappa shape index (κ2) is 7.02. The first kappa shape index (κ1) is 15.2. The fourth-order valence-corrected chi connectivity index (χ4v) is 2.82. The van der Waals surface area contributed by atoms with Crippen LogP contribution in [0.15, 0.2) is 65.9 Å². The van der Waals surface area contributed by atoms with Crippen LogP contribution in [-0.4, -0.2) is 11.9 Å². The number of carbonyl (C=O) groups is 1. The summed E-state index contributed by atoms with van der Waals surface area (Å²) in [5, 5.41) is 6.24. The van der Waals surface area contributed by atoms with E-state index in [1.165, 1.54) is 0 Å². The maximum atomic E-state index is 12.3. The summed E-state index contributed by atoms with van der Waals surface area (Å²) in [6.45, 7) is 2.11. The largest absolute Gasteiger partial charge is 0.361 e. The van der Waals surface area contributed by atoms with E-state index in [4.69, 9.17) is 0 Å². The number of allylic oxidation sites excluding steroid dienone is 2. The van der Waals surface area contributed by atoms with Crippen LogP contribution in [0.1, 0.15) is 19.8 Å². The van der Waals surface area contributed by atoms with Crippen molar-refractivity contribution in [2.24, 2.45) is 5.92 Å². The first-order valence-corrected chi connectivity index (χ1v) is 7.99. The lowest BCUT2D eigenvalue weighted by molar-refractivity contribution is -0.116. The molecule has 0 radical (unpaired) electrons. The van der Waals surface area contributed by atoms with Gasteiger partial charge in [0.15, 0.2) is 0 Å². The lowest BCUT2D eigenvalue weighted by atomic mass is 9.85. The molecule has 2 aliphatic rings. The van der Waals surface area contributed by atoms with Crippen LogP contribution >= 0.6 is 0 Å². The molecular weight excluding hydrogens is 284 g/mol. The zero-order chi connectivity index (χ0) is 16.1. The third kappa shape index (κ3) is 3.37. The Balaban J connectivity index is 1.85. The van der Waals surface area contributed by atoms with Gasteiger partial charge in [0.05, 0.1) is 6.04 Å². The summed E-state index contributed by atoms with van der Waals surface area (Å²) in [4.78, 5) is 12.3. The molecule has 1 heterocycles. The molecule has 1 fully saturated rings. The first-order chi connectivity index (χ1) is 11.3. The number of hydrogen-bond donors (Lipinski definition) is 2. The molecule has 3 heteroatoms. The molecule has 23 heavy (non-hydrogen) atoms. The molecule has 1 aromatic rings. The molecule has 1 aliphatic carbocycles. The molecule has 0 bridgehead atoms. The van der Waals surface area contributed by atoms with Crippen LogP contribution in [0.4, 0.5) is 5.69 Å². The normalized spacial score (nSPS) is 23.6. The van der Waals surface area contributed by atoms with Crippen LogP contribution < -0.4 is 10.6 Å². The minimum atomic E-state index is -0.0295. The Labute approximate surface area is 137 Å². The number of hydrogen-bond acceptors (Lipinski definition) is 2. The lowest BCUT2D eigenvalue weighted by Crippen LogP contribution is -2.28. The number of fused-ring (bicyclic) bond motifs is 1. The highest BCUT2D eigenvalue weighted by atomic mass is 16.2. The van der Waals surface area contributed by atoms with E-state index in [-0.39, 0.29) is 17.9 Å². The van der Waals surface area contributed by atoms with Crippen LogP contribution in [0.25, 0.3) is 0 Å². The average Bonchev–Trinajstić information content (AvgIpc) is 2.90. The summed E-state index contributed by atoms with van der Waals surface area (Å²) < 4.78 is 0. The Hall–Kier alpha value is -2.73. The van der Waals surface area contributed by atoms with Gasteiger partial charge in [-0.2, -0.15) is 0 Å². The Morgan fingerprint density at radius 3 is 2.91 bits per heavy atom. The van der Waals surface area contributed by atoms with Crippen molar-refractivity contribution >= 4 is 11.6 Å². The molecule has 0 saturated carbocycles. The maximum absolute atomic E-state index is 12.3. The van der Waals surface area contributed by atoms with Crippen molar-refractivity contribution < 1.29 is 4.79 Å². The van der Waals surface area contributed by atoms with Crippen molar-refractivity contribution in [2.75, 3.05) is 5.32 Å². The van der Waals surface area contributed by atoms with Crippen LogP contribution in [0.2, 0.25) is 0 Å². The van der Waals surface area contributed by atoms with E-state index >= 15 is 0 Å². The third-order valence-electron chi connectivity index (χ3n) is 3.96. The van der Waals surface area contributed by atoms with Gasteiger partial charge in [-0.05, 0) is 18.6 Å². The highest BCUT2D eigenvalue weighted by Gasteiger charge is 2.39. The van der Waals surface area contributed by atoms with Gasteiger partial charge in [-0.15, -0.1) is 0 Å². The third-order valence-corrected chi connectivity index (χ3v) is 3.96. The number of rotatable bonds is 3. The smallest absolute Gasteiger partial charge is 0.249 e. The summed E-state index contributed by atoms with van der Waals surface area (Å²) >= 11 is 0. The van der Waals surface area contributed by atoms with Gasteiger partial charge >= 0.3 is 0 Å².